The van der Waals surface area contributed by atoms with Crippen LogP contribution in [0.2, 0.25) is 5.02 Å². The Bertz CT molecular complexity index is 847. The lowest BCUT2D eigenvalue weighted by molar-refractivity contribution is 0.0734. The highest BCUT2D eigenvalue weighted by Gasteiger charge is 2.10. The smallest absolute Gasteiger partial charge is 0.343 e. The van der Waals surface area contributed by atoms with Crippen molar-refractivity contribution >= 4 is 17.6 Å². The Labute approximate surface area is 156 Å². The molecular formula is C21H17ClO4. The number of benzene rings is 3. The quantitative estimate of drug-likeness (QED) is 0.334. The van der Waals surface area contributed by atoms with Gasteiger partial charge < -0.3 is 14.2 Å². The van der Waals surface area contributed by atoms with Gasteiger partial charge in [0.25, 0.3) is 0 Å². The molecule has 0 aliphatic rings. The molecule has 0 aliphatic heterocycles. The molecule has 0 atom stereocenters. The molecule has 0 unspecified atom stereocenters. The number of rotatable bonds is 7. The van der Waals surface area contributed by atoms with Gasteiger partial charge in [0.05, 0.1) is 5.56 Å². The summed E-state index contributed by atoms with van der Waals surface area (Å²) < 4.78 is 16.5. The van der Waals surface area contributed by atoms with Gasteiger partial charge in [0.2, 0.25) is 0 Å². The fourth-order valence-electron chi connectivity index (χ4n) is 2.22. The van der Waals surface area contributed by atoms with Crippen LogP contribution in [0.4, 0.5) is 0 Å². The zero-order valence-electron chi connectivity index (χ0n) is 13.9. The second kappa shape index (κ2) is 8.92. The number of hydrogen-bond acceptors (Lipinski definition) is 4. The molecule has 0 saturated carbocycles. The minimum Gasteiger partial charge on any atom is -0.490 e. The van der Waals surface area contributed by atoms with Crippen LogP contribution < -0.4 is 14.2 Å². The maximum atomic E-state index is 12.2. The van der Waals surface area contributed by atoms with E-state index in [-0.39, 0.29) is 0 Å². The minimum absolute atomic E-state index is 0.366. The maximum Gasteiger partial charge on any atom is 0.343 e. The fourth-order valence-corrected chi connectivity index (χ4v) is 2.34. The molecule has 0 heterocycles. The van der Waals surface area contributed by atoms with Crippen molar-refractivity contribution in [2.45, 2.75) is 0 Å². The zero-order chi connectivity index (χ0) is 18.2. The van der Waals surface area contributed by atoms with Crippen LogP contribution in [0.5, 0.6) is 17.2 Å². The Morgan fingerprint density at radius 2 is 1.38 bits per heavy atom. The highest BCUT2D eigenvalue weighted by molar-refractivity contribution is 6.30. The third-order valence-corrected chi connectivity index (χ3v) is 3.71. The van der Waals surface area contributed by atoms with E-state index in [1.807, 2.05) is 30.3 Å². The molecule has 0 fully saturated rings. The first-order valence-corrected chi connectivity index (χ1v) is 8.47. The van der Waals surface area contributed by atoms with Crippen molar-refractivity contribution < 1.29 is 19.0 Å². The Balaban J connectivity index is 1.52. The number of carbonyl (C=O) groups is 1. The summed E-state index contributed by atoms with van der Waals surface area (Å²) in [6, 6.07) is 23.0. The molecule has 0 spiro atoms. The first kappa shape index (κ1) is 17.8. The molecule has 0 radical (unpaired) electrons. The van der Waals surface area contributed by atoms with E-state index in [0.717, 1.165) is 5.75 Å². The number of carbonyl (C=O) groups excluding carboxylic acids is 1. The van der Waals surface area contributed by atoms with Crippen LogP contribution in [0.15, 0.2) is 78.9 Å². The standard InChI is InChI=1S/C21H17ClO4/c22-17-9-11-19(12-10-17)26-21(23)16-5-4-8-20(15-16)25-14-13-24-18-6-2-1-3-7-18/h1-12,15H,13-14H2. The summed E-state index contributed by atoms with van der Waals surface area (Å²) in [5.41, 5.74) is 0.404. The highest BCUT2D eigenvalue weighted by Crippen LogP contribution is 2.19. The van der Waals surface area contributed by atoms with Crippen molar-refractivity contribution in [3.63, 3.8) is 0 Å². The molecule has 3 aromatic rings. The van der Waals surface area contributed by atoms with Crippen LogP contribution >= 0.6 is 11.6 Å². The molecule has 26 heavy (non-hydrogen) atoms. The SMILES string of the molecule is O=C(Oc1ccc(Cl)cc1)c1cccc(OCCOc2ccccc2)c1. The van der Waals surface area contributed by atoms with Crippen LogP contribution in [0.25, 0.3) is 0 Å². The van der Waals surface area contributed by atoms with Crippen LogP contribution in [0.3, 0.4) is 0 Å². The summed E-state index contributed by atoms with van der Waals surface area (Å²) in [5, 5.41) is 0.581. The lowest BCUT2D eigenvalue weighted by Crippen LogP contribution is -2.11. The summed E-state index contributed by atoms with van der Waals surface area (Å²) in [7, 11) is 0. The second-order valence-electron chi connectivity index (χ2n) is 5.38. The number of hydrogen-bond donors (Lipinski definition) is 0. The molecule has 132 valence electrons. The topological polar surface area (TPSA) is 44.8 Å². The molecule has 0 bridgehead atoms. The number of halogens is 1. The summed E-state index contributed by atoms with van der Waals surface area (Å²) in [6.07, 6.45) is 0. The predicted molar refractivity (Wildman–Crippen MR) is 100 cm³/mol. The number of esters is 1. The molecule has 4 nitrogen and oxygen atoms in total. The van der Waals surface area contributed by atoms with Gasteiger partial charge in [0.15, 0.2) is 0 Å². The Morgan fingerprint density at radius 1 is 0.731 bits per heavy atom. The Hall–Kier alpha value is -2.98. The molecule has 0 aliphatic carbocycles. The molecule has 0 saturated heterocycles. The van der Waals surface area contributed by atoms with Crippen molar-refractivity contribution in [2.24, 2.45) is 0 Å². The molecule has 0 aromatic heterocycles. The van der Waals surface area contributed by atoms with Crippen molar-refractivity contribution in [3.05, 3.63) is 89.4 Å². The van der Waals surface area contributed by atoms with Crippen LogP contribution in [0, 0.1) is 0 Å². The lowest BCUT2D eigenvalue weighted by atomic mass is 10.2. The number of para-hydroxylation sites is 1. The van der Waals surface area contributed by atoms with Crippen molar-refractivity contribution in [1.82, 2.24) is 0 Å². The number of ether oxygens (including phenoxy) is 3. The lowest BCUT2D eigenvalue weighted by Gasteiger charge is -2.09. The average Bonchev–Trinajstić information content (AvgIpc) is 2.68. The summed E-state index contributed by atoms with van der Waals surface area (Å²) in [5.74, 6) is 1.34. The van der Waals surface area contributed by atoms with E-state index < -0.39 is 5.97 Å². The Morgan fingerprint density at radius 3 is 2.12 bits per heavy atom. The van der Waals surface area contributed by atoms with Crippen molar-refractivity contribution in [1.29, 1.82) is 0 Å². The van der Waals surface area contributed by atoms with Crippen molar-refractivity contribution in [3.8, 4) is 17.2 Å². The van der Waals surface area contributed by atoms with Gasteiger partial charge in [0, 0.05) is 5.02 Å². The molecule has 5 heteroatoms. The van der Waals surface area contributed by atoms with Crippen LogP contribution in [0.1, 0.15) is 10.4 Å². The summed E-state index contributed by atoms with van der Waals surface area (Å²) in [4.78, 5) is 12.2. The van der Waals surface area contributed by atoms with Crippen LogP contribution in [-0.4, -0.2) is 19.2 Å². The summed E-state index contributed by atoms with van der Waals surface area (Å²) in [6.45, 7) is 0.772. The van der Waals surface area contributed by atoms with E-state index in [2.05, 4.69) is 0 Å². The van der Waals surface area contributed by atoms with Gasteiger partial charge in [0.1, 0.15) is 30.5 Å². The van der Waals surface area contributed by atoms with E-state index in [1.165, 1.54) is 0 Å². The third kappa shape index (κ3) is 5.26. The van der Waals surface area contributed by atoms with E-state index in [0.29, 0.717) is 35.3 Å². The van der Waals surface area contributed by atoms with E-state index in [1.54, 1.807) is 48.5 Å². The third-order valence-electron chi connectivity index (χ3n) is 3.46. The maximum absolute atomic E-state index is 12.2. The van der Waals surface area contributed by atoms with Crippen molar-refractivity contribution in [2.75, 3.05) is 13.2 Å². The highest BCUT2D eigenvalue weighted by atomic mass is 35.5. The fraction of sp³-hybridized carbons (Fsp3) is 0.0952. The largest absolute Gasteiger partial charge is 0.490 e. The van der Waals surface area contributed by atoms with Gasteiger partial charge in [-0.05, 0) is 54.6 Å². The average molecular weight is 369 g/mol. The van der Waals surface area contributed by atoms with Gasteiger partial charge in [-0.2, -0.15) is 0 Å². The molecule has 0 amide bonds. The van der Waals surface area contributed by atoms with Gasteiger partial charge in [-0.3, -0.25) is 0 Å². The first-order valence-electron chi connectivity index (χ1n) is 8.09. The molecule has 3 aromatic carbocycles. The van der Waals surface area contributed by atoms with Gasteiger partial charge in [-0.1, -0.05) is 35.9 Å². The first-order chi connectivity index (χ1) is 12.7. The summed E-state index contributed by atoms with van der Waals surface area (Å²) >= 11 is 5.82. The molecule has 3 rings (SSSR count). The van der Waals surface area contributed by atoms with E-state index in [9.17, 15) is 4.79 Å². The Kier molecular flexibility index (Phi) is 6.12. The van der Waals surface area contributed by atoms with E-state index >= 15 is 0 Å². The molecule has 0 N–H and O–H groups in total. The predicted octanol–water partition coefficient (Wildman–Crippen LogP) is 5.02. The zero-order valence-corrected chi connectivity index (χ0v) is 14.7. The normalized spacial score (nSPS) is 10.2. The monoisotopic (exact) mass is 368 g/mol. The molecular weight excluding hydrogens is 352 g/mol. The van der Waals surface area contributed by atoms with E-state index in [4.69, 9.17) is 25.8 Å². The second-order valence-corrected chi connectivity index (χ2v) is 5.82. The van der Waals surface area contributed by atoms with Gasteiger partial charge in [-0.25, -0.2) is 4.79 Å². The van der Waals surface area contributed by atoms with Gasteiger partial charge in [-0.15, -0.1) is 0 Å². The van der Waals surface area contributed by atoms with Gasteiger partial charge >= 0.3 is 5.97 Å². The van der Waals surface area contributed by atoms with Crippen LogP contribution in [-0.2, 0) is 0 Å². The minimum atomic E-state index is -0.460.